The molecule has 2 aromatic heterocycles. The average molecular weight is 569 g/mol. The number of hydrogen-bond donors (Lipinski definition) is 1. The van der Waals surface area contributed by atoms with Crippen molar-refractivity contribution in [1.82, 2.24) is 9.13 Å². The molecule has 3 aromatic carbocycles. The topological polar surface area (TPSA) is 94.6 Å². The third-order valence-electron chi connectivity index (χ3n) is 6.01. The molecule has 0 saturated heterocycles. The minimum Gasteiger partial charge on any atom is -0.489 e. The van der Waals surface area contributed by atoms with Gasteiger partial charge in [0.2, 0.25) is 0 Å². The molecule has 7 nitrogen and oxygen atoms in total. The molecule has 10 heteroatoms. The molecule has 0 fully saturated rings. The van der Waals surface area contributed by atoms with Gasteiger partial charge in [0, 0.05) is 23.1 Å². The number of halogens is 2. The van der Waals surface area contributed by atoms with Crippen molar-refractivity contribution in [2.45, 2.75) is 31.3 Å². The normalized spacial score (nSPS) is 12.2. The molecule has 194 valence electrons. The van der Waals surface area contributed by atoms with Gasteiger partial charge in [-0.25, -0.2) is 9.00 Å². The number of rotatable bonds is 8. The number of carboxylic acids is 1. The van der Waals surface area contributed by atoms with E-state index in [1.165, 1.54) is 12.1 Å². The maximum absolute atomic E-state index is 13.2. The SMILES string of the molecule is CC(C)c1onc(-c2c(Cl)cccc2Cl)c1COc1ccc2c(ccn2S(=O)c2cccc(C(=O)O)c2)c1. The highest BCUT2D eigenvalue weighted by atomic mass is 35.5. The molecule has 5 aromatic rings. The second kappa shape index (κ2) is 10.6. The lowest BCUT2D eigenvalue weighted by molar-refractivity contribution is 0.0696. The van der Waals surface area contributed by atoms with Crippen LogP contribution in [0.1, 0.15) is 41.4 Å². The number of aromatic carboxylic acids is 1. The van der Waals surface area contributed by atoms with Crippen LogP contribution in [-0.2, 0) is 17.6 Å². The van der Waals surface area contributed by atoms with Crippen LogP contribution in [0.15, 0.2) is 82.3 Å². The fraction of sp³-hybridized carbons (Fsp3) is 0.143. The Morgan fingerprint density at radius 1 is 1.08 bits per heavy atom. The number of nitrogens with zero attached hydrogens (tertiary/aromatic N) is 2. The maximum Gasteiger partial charge on any atom is 0.335 e. The first-order chi connectivity index (χ1) is 18.2. The van der Waals surface area contributed by atoms with Gasteiger partial charge in [-0.3, -0.25) is 3.97 Å². The summed E-state index contributed by atoms with van der Waals surface area (Å²) in [5.41, 5.74) is 2.68. The van der Waals surface area contributed by atoms with Crippen LogP contribution in [0.4, 0.5) is 0 Å². The minimum atomic E-state index is -1.62. The van der Waals surface area contributed by atoms with E-state index in [0.29, 0.717) is 43.2 Å². The van der Waals surface area contributed by atoms with Crippen LogP contribution in [0.3, 0.4) is 0 Å². The Hall–Kier alpha value is -3.59. The highest BCUT2D eigenvalue weighted by molar-refractivity contribution is 7.83. The molecule has 1 unspecified atom stereocenters. The Balaban J connectivity index is 1.43. The molecular weight excluding hydrogens is 547 g/mol. The molecule has 0 saturated carbocycles. The van der Waals surface area contributed by atoms with Crippen molar-refractivity contribution < 1.29 is 23.4 Å². The van der Waals surface area contributed by atoms with Crippen LogP contribution in [0.5, 0.6) is 5.75 Å². The van der Waals surface area contributed by atoms with Gasteiger partial charge in [0.15, 0.2) is 11.0 Å². The molecule has 0 aliphatic carbocycles. The van der Waals surface area contributed by atoms with E-state index in [1.54, 1.807) is 46.6 Å². The Labute approximate surface area is 231 Å². The van der Waals surface area contributed by atoms with E-state index in [0.717, 1.165) is 10.9 Å². The summed E-state index contributed by atoms with van der Waals surface area (Å²) < 4.78 is 26.6. The van der Waals surface area contributed by atoms with Gasteiger partial charge in [0.1, 0.15) is 23.8 Å². The van der Waals surface area contributed by atoms with E-state index in [-0.39, 0.29) is 18.1 Å². The fourth-order valence-electron chi connectivity index (χ4n) is 4.17. The van der Waals surface area contributed by atoms with Crippen molar-refractivity contribution in [3.05, 3.63) is 99.9 Å². The number of carboxylic acid groups (broad SMARTS) is 1. The van der Waals surface area contributed by atoms with Gasteiger partial charge in [-0.2, -0.15) is 0 Å². The van der Waals surface area contributed by atoms with Crippen molar-refractivity contribution in [2.24, 2.45) is 0 Å². The van der Waals surface area contributed by atoms with Crippen LogP contribution in [0, 0.1) is 0 Å². The van der Waals surface area contributed by atoms with E-state index in [9.17, 15) is 14.1 Å². The van der Waals surface area contributed by atoms with E-state index >= 15 is 0 Å². The summed E-state index contributed by atoms with van der Waals surface area (Å²) in [6, 6.07) is 18.6. The molecule has 0 amide bonds. The lowest BCUT2D eigenvalue weighted by Crippen LogP contribution is -2.05. The number of aromatic nitrogens is 2. The second-order valence-electron chi connectivity index (χ2n) is 8.86. The standard InChI is InChI=1S/C28H22Cl2N2O5S/c1-16(2)27-21(26(31-37-27)25-22(29)7-4-8-23(25)30)15-36-19-9-10-24-17(13-19)11-12-32(24)38(35)20-6-3-5-18(14-20)28(33)34/h3-14,16H,15H2,1-2H3,(H,33,34). The van der Waals surface area contributed by atoms with Crippen LogP contribution in [0.25, 0.3) is 22.2 Å². The Morgan fingerprint density at radius 3 is 2.53 bits per heavy atom. The zero-order valence-corrected chi connectivity index (χ0v) is 22.7. The molecular formula is C28H22Cl2N2O5S. The first kappa shape index (κ1) is 26.0. The summed E-state index contributed by atoms with van der Waals surface area (Å²) in [6.07, 6.45) is 1.70. The van der Waals surface area contributed by atoms with Gasteiger partial charge in [0.25, 0.3) is 0 Å². The summed E-state index contributed by atoms with van der Waals surface area (Å²) in [6.45, 7) is 4.18. The largest absolute Gasteiger partial charge is 0.489 e. The predicted octanol–water partition coefficient (Wildman–Crippen LogP) is 7.57. The molecule has 2 heterocycles. The van der Waals surface area contributed by atoms with Crippen molar-refractivity contribution in [3.63, 3.8) is 0 Å². The molecule has 0 aliphatic heterocycles. The fourth-order valence-corrected chi connectivity index (χ4v) is 5.91. The smallest absolute Gasteiger partial charge is 0.335 e. The zero-order chi connectivity index (χ0) is 27.0. The summed E-state index contributed by atoms with van der Waals surface area (Å²) in [5.74, 6) is 0.266. The van der Waals surface area contributed by atoms with Gasteiger partial charge < -0.3 is 14.4 Å². The van der Waals surface area contributed by atoms with Crippen LogP contribution < -0.4 is 4.74 Å². The molecule has 1 atom stereocenters. The van der Waals surface area contributed by atoms with Crippen molar-refractivity contribution in [2.75, 3.05) is 0 Å². The number of ether oxygens (including phenoxy) is 1. The molecule has 1 N–H and O–H groups in total. The summed E-state index contributed by atoms with van der Waals surface area (Å²) >= 11 is 12.9. The van der Waals surface area contributed by atoms with E-state index in [4.69, 9.17) is 32.5 Å². The molecule has 5 rings (SSSR count). The Morgan fingerprint density at radius 2 is 1.82 bits per heavy atom. The van der Waals surface area contributed by atoms with E-state index in [1.807, 2.05) is 32.0 Å². The van der Waals surface area contributed by atoms with Crippen LogP contribution in [-0.4, -0.2) is 24.4 Å². The van der Waals surface area contributed by atoms with Crippen molar-refractivity contribution in [1.29, 1.82) is 0 Å². The number of hydrogen-bond acceptors (Lipinski definition) is 5. The summed E-state index contributed by atoms with van der Waals surface area (Å²) in [4.78, 5) is 11.7. The lowest BCUT2D eigenvalue weighted by Gasteiger charge is -2.11. The number of carbonyl (C=O) groups is 1. The molecule has 0 radical (unpaired) electrons. The first-order valence-electron chi connectivity index (χ1n) is 11.7. The molecule has 0 spiro atoms. The summed E-state index contributed by atoms with van der Waals surface area (Å²) in [5, 5.41) is 15.3. The lowest BCUT2D eigenvalue weighted by atomic mass is 10.0. The minimum absolute atomic E-state index is 0.0576. The highest BCUT2D eigenvalue weighted by Gasteiger charge is 2.24. The Kier molecular flexibility index (Phi) is 7.29. The maximum atomic E-state index is 13.2. The molecule has 38 heavy (non-hydrogen) atoms. The van der Waals surface area contributed by atoms with Gasteiger partial charge in [-0.15, -0.1) is 0 Å². The molecule has 0 aliphatic rings. The first-order valence-corrected chi connectivity index (χ1v) is 13.5. The Bertz CT molecular complexity index is 1670. The quantitative estimate of drug-likeness (QED) is 0.207. The second-order valence-corrected chi connectivity index (χ2v) is 11.0. The number of fused-ring (bicyclic) bond motifs is 1. The van der Waals surface area contributed by atoms with Gasteiger partial charge >= 0.3 is 5.97 Å². The van der Waals surface area contributed by atoms with Crippen molar-refractivity contribution in [3.8, 4) is 17.0 Å². The summed E-state index contributed by atoms with van der Waals surface area (Å²) in [7, 11) is -1.62. The third-order valence-corrected chi connectivity index (χ3v) is 7.98. The monoisotopic (exact) mass is 568 g/mol. The van der Waals surface area contributed by atoms with Gasteiger partial charge in [-0.1, -0.05) is 54.3 Å². The third kappa shape index (κ3) is 4.95. The highest BCUT2D eigenvalue weighted by Crippen LogP contribution is 2.39. The van der Waals surface area contributed by atoms with Crippen molar-refractivity contribution >= 4 is 51.1 Å². The van der Waals surface area contributed by atoms with Gasteiger partial charge in [-0.05, 0) is 54.6 Å². The van der Waals surface area contributed by atoms with E-state index in [2.05, 4.69) is 5.16 Å². The van der Waals surface area contributed by atoms with E-state index < -0.39 is 17.0 Å². The number of benzene rings is 3. The van der Waals surface area contributed by atoms with Gasteiger partial charge in [0.05, 0.1) is 31.6 Å². The van der Waals surface area contributed by atoms with Crippen LogP contribution in [0.2, 0.25) is 10.0 Å². The molecule has 0 bridgehead atoms. The average Bonchev–Trinajstić information content (AvgIpc) is 3.51. The zero-order valence-electron chi connectivity index (χ0n) is 20.4. The van der Waals surface area contributed by atoms with Crippen LogP contribution >= 0.6 is 23.2 Å². The predicted molar refractivity (Wildman–Crippen MR) is 148 cm³/mol.